The smallest absolute Gasteiger partial charge is 0.227 e. The van der Waals surface area contributed by atoms with Gasteiger partial charge in [-0.05, 0) is 70.1 Å². The molecule has 7 heteroatoms. The van der Waals surface area contributed by atoms with Gasteiger partial charge in [0.25, 0.3) is 0 Å². The highest BCUT2D eigenvalue weighted by Gasteiger charge is 2.35. The Hall–Kier alpha value is -3.97. The zero-order chi connectivity index (χ0) is 25.6. The quantitative estimate of drug-likeness (QED) is 0.512. The number of amides is 1. The third-order valence-electron chi connectivity index (χ3n) is 7.71. The Morgan fingerprint density at radius 1 is 1.17 bits per heavy atom. The van der Waals surface area contributed by atoms with Crippen molar-refractivity contribution < 1.29 is 4.79 Å². The standard InChI is InChI=1S/C29H30N6O/c1-6-22-14-17(2)24(19(4)33-22)27-26(25-18(3)31-16-32-28(25)34(27)5)20-9-11-21(12-10-20)29(36)35-13-7-8-23(35)15-30/h1,9,14,16,21,23H,7-8,10-13H2,2-5H3/t21-,23-/m0/s1. The number of fused-ring (bicyclic) bond motifs is 1. The van der Waals surface area contributed by atoms with E-state index in [2.05, 4.69) is 44.5 Å². The maximum absolute atomic E-state index is 13.2. The number of allylic oxidation sites excluding steroid dienone is 2. The molecule has 0 unspecified atom stereocenters. The third kappa shape index (κ3) is 3.76. The van der Waals surface area contributed by atoms with Gasteiger partial charge in [-0.2, -0.15) is 5.26 Å². The highest BCUT2D eigenvalue weighted by atomic mass is 16.2. The van der Waals surface area contributed by atoms with Gasteiger partial charge in [-0.25, -0.2) is 15.0 Å². The van der Waals surface area contributed by atoms with Crippen molar-refractivity contribution in [3.05, 3.63) is 46.7 Å². The maximum atomic E-state index is 13.2. The molecule has 0 bridgehead atoms. The monoisotopic (exact) mass is 478 g/mol. The Morgan fingerprint density at radius 3 is 2.64 bits per heavy atom. The van der Waals surface area contributed by atoms with Gasteiger partial charge in [0.05, 0.1) is 17.5 Å². The molecule has 0 radical (unpaired) electrons. The SMILES string of the molecule is C#Cc1cc(C)c(-c2c(C3=CC[C@H](C(=O)N4CCC[C@H]4C#N)CC3)c3c(C)ncnc3n2C)c(C)n1. The van der Waals surface area contributed by atoms with Crippen LogP contribution in [0.4, 0.5) is 0 Å². The van der Waals surface area contributed by atoms with Crippen LogP contribution in [-0.2, 0) is 11.8 Å². The van der Waals surface area contributed by atoms with Gasteiger partial charge in [-0.1, -0.05) is 12.0 Å². The van der Waals surface area contributed by atoms with Gasteiger partial charge >= 0.3 is 0 Å². The van der Waals surface area contributed by atoms with E-state index in [1.807, 2.05) is 27.0 Å². The number of carbonyl (C=O) groups is 1. The molecule has 3 aromatic heterocycles. The largest absolute Gasteiger partial charge is 0.328 e. The summed E-state index contributed by atoms with van der Waals surface area (Å²) in [5, 5.41) is 10.5. The van der Waals surface area contributed by atoms with Gasteiger partial charge in [0.2, 0.25) is 5.91 Å². The summed E-state index contributed by atoms with van der Waals surface area (Å²) in [6.07, 6.45) is 13.3. The van der Waals surface area contributed by atoms with E-state index in [1.165, 1.54) is 5.57 Å². The lowest BCUT2D eigenvalue weighted by molar-refractivity contribution is -0.135. The Bertz CT molecular complexity index is 1480. The minimum atomic E-state index is -0.281. The van der Waals surface area contributed by atoms with E-state index < -0.39 is 0 Å². The third-order valence-corrected chi connectivity index (χ3v) is 7.71. The number of hydrogen-bond acceptors (Lipinski definition) is 5. The zero-order valence-electron chi connectivity index (χ0n) is 21.3. The van der Waals surface area contributed by atoms with Crippen molar-refractivity contribution in [2.45, 2.75) is 58.9 Å². The van der Waals surface area contributed by atoms with Gasteiger partial charge in [0, 0.05) is 41.7 Å². The molecule has 0 saturated carbocycles. The number of aromatic nitrogens is 4. The van der Waals surface area contributed by atoms with E-state index in [4.69, 9.17) is 6.42 Å². The van der Waals surface area contributed by atoms with Gasteiger partial charge in [-0.3, -0.25) is 4.79 Å². The number of nitriles is 1. The second kappa shape index (κ2) is 9.24. The fraction of sp³-hybridized carbons (Fsp3) is 0.414. The van der Waals surface area contributed by atoms with E-state index in [9.17, 15) is 10.1 Å². The van der Waals surface area contributed by atoms with Crippen molar-refractivity contribution in [1.29, 1.82) is 5.26 Å². The van der Waals surface area contributed by atoms with Crippen LogP contribution in [-0.4, -0.2) is 42.9 Å². The Labute approximate surface area is 211 Å². The number of pyridine rings is 1. The average Bonchev–Trinajstić information content (AvgIpc) is 3.47. The normalized spacial score (nSPS) is 19.7. The van der Waals surface area contributed by atoms with Gasteiger partial charge in [-0.15, -0.1) is 6.42 Å². The minimum Gasteiger partial charge on any atom is -0.328 e. The molecular formula is C29H30N6O. The molecule has 1 aliphatic carbocycles. The van der Waals surface area contributed by atoms with Crippen LogP contribution >= 0.6 is 0 Å². The summed E-state index contributed by atoms with van der Waals surface area (Å²) >= 11 is 0. The summed E-state index contributed by atoms with van der Waals surface area (Å²) in [6.45, 7) is 6.76. The van der Waals surface area contributed by atoms with Crippen molar-refractivity contribution in [2.75, 3.05) is 6.54 Å². The van der Waals surface area contributed by atoms with Gasteiger partial charge < -0.3 is 9.47 Å². The molecule has 1 saturated heterocycles. The number of likely N-dealkylation sites (tertiary alicyclic amines) is 1. The van der Waals surface area contributed by atoms with Crippen LogP contribution in [0.5, 0.6) is 0 Å². The van der Waals surface area contributed by atoms with Gasteiger partial charge in [0.15, 0.2) is 0 Å². The predicted octanol–water partition coefficient (Wildman–Crippen LogP) is 4.63. The molecule has 0 aromatic carbocycles. The summed E-state index contributed by atoms with van der Waals surface area (Å²) in [6, 6.07) is 3.97. The fourth-order valence-electron chi connectivity index (χ4n) is 5.95. The molecule has 182 valence electrons. The number of rotatable bonds is 3. The summed E-state index contributed by atoms with van der Waals surface area (Å²) in [5.41, 5.74) is 8.80. The fourth-order valence-corrected chi connectivity index (χ4v) is 5.95. The Morgan fingerprint density at radius 2 is 1.97 bits per heavy atom. The topological polar surface area (TPSA) is 87.7 Å². The molecule has 0 N–H and O–H groups in total. The highest BCUT2D eigenvalue weighted by Crippen LogP contribution is 2.44. The molecule has 2 atom stereocenters. The van der Waals surface area contributed by atoms with Crippen molar-refractivity contribution in [1.82, 2.24) is 24.4 Å². The molecule has 3 aromatic rings. The number of hydrogen-bond donors (Lipinski definition) is 0. The zero-order valence-corrected chi connectivity index (χ0v) is 21.3. The van der Waals surface area contributed by atoms with Crippen molar-refractivity contribution in [3.63, 3.8) is 0 Å². The van der Waals surface area contributed by atoms with Crippen LogP contribution in [0.2, 0.25) is 0 Å². The Balaban J connectivity index is 1.61. The average molecular weight is 479 g/mol. The van der Waals surface area contributed by atoms with Crippen LogP contribution < -0.4 is 0 Å². The summed E-state index contributed by atoms with van der Waals surface area (Å²) in [5.74, 6) is 2.69. The second-order valence-electron chi connectivity index (χ2n) is 9.89. The first-order valence-electron chi connectivity index (χ1n) is 12.5. The molecule has 7 nitrogen and oxygen atoms in total. The van der Waals surface area contributed by atoms with Crippen molar-refractivity contribution >= 4 is 22.5 Å². The lowest BCUT2D eigenvalue weighted by Gasteiger charge is -2.28. The van der Waals surface area contributed by atoms with Crippen LogP contribution in [0.25, 0.3) is 27.9 Å². The summed E-state index contributed by atoms with van der Waals surface area (Å²) in [7, 11) is 2.03. The first-order valence-corrected chi connectivity index (χ1v) is 12.5. The number of terminal acetylenes is 1. The highest BCUT2D eigenvalue weighted by molar-refractivity contribution is 6.01. The summed E-state index contributed by atoms with van der Waals surface area (Å²) in [4.78, 5) is 28.8. The first kappa shape index (κ1) is 23.8. The van der Waals surface area contributed by atoms with E-state index in [0.29, 0.717) is 18.7 Å². The van der Waals surface area contributed by atoms with E-state index in [0.717, 1.165) is 70.5 Å². The maximum Gasteiger partial charge on any atom is 0.227 e. The van der Waals surface area contributed by atoms with Crippen molar-refractivity contribution in [2.24, 2.45) is 13.0 Å². The molecule has 1 aliphatic heterocycles. The molecule has 1 fully saturated rings. The number of nitrogens with zero attached hydrogens (tertiary/aromatic N) is 6. The van der Waals surface area contributed by atoms with E-state index in [-0.39, 0.29) is 17.9 Å². The molecule has 1 amide bonds. The molecular weight excluding hydrogens is 448 g/mol. The second-order valence-corrected chi connectivity index (χ2v) is 9.89. The van der Waals surface area contributed by atoms with Crippen LogP contribution in [0.15, 0.2) is 18.5 Å². The minimum absolute atomic E-state index is 0.0847. The Kier molecular flexibility index (Phi) is 6.10. The molecule has 4 heterocycles. The first-order chi connectivity index (χ1) is 17.3. The lowest BCUT2D eigenvalue weighted by atomic mass is 9.83. The van der Waals surface area contributed by atoms with E-state index in [1.54, 1.807) is 11.2 Å². The van der Waals surface area contributed by atoms with Crippen LogP contribution in [0.3, 0.4) is 0 Å². The summed E-state index contributed by atoms with van der Waals surface area (Å²) < 4.78 is 2.13. The van der Waals surface area contributed by atoms with Crippen molar-refractivity contribution in [3.8, 4) is 29.7 Å². The number of carbonyl (C=O) groups excluding carboxylic acids is 1. The van der Waals surface area contributed by atoms with Crippen LogP contribution in [0.1, 0.15) is 60.3 Å². The van der Waals surface area contributed by atoms with E-state index >= 15 is 0 Å². The molecule has 36 heavy (non-hydrogen) atoms. The lowest BCUT2D eigenvalue weighted by Crippen LogP contribution is -2.39. The predicted molar refractivity (Wildman–Crippen MR) is 140 cm³/mol. The molecule has 2 aliphatic rings. The molecule has 0 spiro atoms. The van der Waals surface area contributed by atoms with Crippen LogP contribution in [0, 0.1) is 50.4 Å². The molecule has 5 rings (SSSR count). The van der Waals surface area contributed by atoms with Gasteiger partial charge in [0.1, 0.15) is 23.7 Å². The number of aryl methyl sites for hydroxylation is 4.